The average molecular weight is 334 g/mol. The van der Waals surface area contributed by atoms with Crippen LogP contribution >= 0.6 is 0 Å². The van der Waals surface area contributed by atoms with Crippen molar-refractivity contribution < 1.29 is 4.79 Å². The van der Waals surface area contributed by atoms with Gasteiger partial charge >= 0.3 is 6.03 Å². The van der Waals surface area contributed by atoms with Crippen molar-refractivity contribution in [2.75, 3.05) is 11.9 Å². The van der Waals surface area contributed by atoms with Crippen LogP contribution in [-0.4, -0.2) is 27.0 Å². The van der Waals surface area contributed by atoms with Crippen molar-refractivity contribution in [3.8, 4) is 0 Å². The lowest BCUT2D eigenvalue weighted by Crippen LogP contribution is -2.35. The number of nitrogens with one attached hydrogen (secondary N) is 1. The third kappa shape index (κ3) is 2.86. The molecule has 25 heavy (non-hydrogen) atoms. The van der Waals surface area contributed by atoms with Gasteiger partial charge in [0.05, 0.1) is 17.1 Å². The van der Waals surface area contributed by atoms with Gasteiger partial charge in [0, 0.05) is 18.8 Å². The van der Waals surface area contributed by atoms with Gasteiger partial charge < -0.3 is 14.8 Å². The van der Waals surface area contributed by atoms with E-state index in [0.29, 0.717) is 0 Å². The minimum Gasteiger partial charge on any atom is -0.327 e. The Hall–Kier alpha value is -2.82. The van der Waals surface area contributed by atoms with E-state index < -0.39 is 0 Å². The van der Waals surface area contributed by atoms with Crippen LogP contribution in [0.5, 0.6) is 0 Å². The number of rotatable bonds is 3. The first-order valence-corrected chi connectivity index (χ1v) is 8.85. The Bertz CT molecular complexity index is 887. The molecule has 1 atom stereocenters. The lowest BCUT2D eigenvalue weighted by molar-refractivity contribution is 0.204. The van der Waals surface area contributed by atoms with Gasteiger partial charge in [-0.1, -0.05) is 30.3 Å². The van der Waals surface area contributed by atoms with Crippen LogP contribution in [0.1, 0.15) is 31.6 Å². The molecule has 0 saturated carbocycles. The normalized spacial score (nSPS) is 17.2. The fraction of sp³-hybridized carbons (Fsp3) is 0.300. The number of amides is 2. The lowest BCUT2D eigenvalue weighted by atomic mass is 10.2. The summed E-state index contributed by atoms with van der Waals surface area (Å²) in [6.07, 6.45) is 1.95. The molecule has 0 aliphatic carbocycles. The fourth-order valence-corrected chi connectivity index (χ4v) is 3.68. The molecule has 0 bridgehead atoms. The van der Waals surface area contributed by atoms with E-state index >= 15 is 0 Å². The molecule has 1 saturated heterocycles. The van der Waals surface area contributed by atoms with E-state index in [2.05, 4.69) is 22.9 Å². The monoisotopic (exact) mass is 334 g/mol. The second kappa shape index (κ2) is 6.59. The zero-order valence-corrected chi connectivity index (χ0v) is 14.4. The van der Waals surface area contributed by atoms with Gasteiger partial charge in [0.25, 0.3) is 0 Å². The minimum atomic E-state index is -0.0524. The number of urea groups is 1. The topological polar surface area (TPSA) is 50.2 Å². The summed E-state index contributed by atoms with van der Waals surface area (Å²) in [7, 11) is 0. The first-order chi connectivity index (χ1) is 12.3. The summed E-state index contributed by atoms with van der Waals surface area (Å²) < 4.78 is 2.23. The van der Waals surface area contributed by atoms with Crippen molar-refractivity contribution in [3.05, 3.63) is 60.4 Å². The molecule has 0 radical (unpaired) electrons. The molecular weight excluding hydrogens is 312 g/mol. The van der Waals surface area contributed by atoms with Gasteiger partial charge in [-0.15, -0.1) is 0 Å². The van der Waals surface area contributed by atoms with Gasteiger partial charge in [-0.25, -0.2) is 9.78 Å². The van der Waals surface area contributed by atoms with Gasteiger partial charge in [-0.05, 0) is 44.0 Å². The van der Waals surface area contributed by atoms with E-state index in [0.717, 1.165) is 48.5 Å². The zero-order chi connectivity index (χ0) is 17.2. The highest BCUT2D eigenvalue weighted by Crippen LogP contribution is 2.33. The van der Waals surface area contributed by atoms with Crippen LogP contribution in [0.4, 0.5) is 10.5 Å². The molecule has 2 aromatic carbocycles. The van der Waals surface area contributed by atoms with Crippen molar-refractivity contribution in [2.45, 2.75) is 32.4 Å². The van der Waals surface area contributed by atoms with Crippen molar-refractivity contribution in [1.29, 1.82) is 0 Å². The van der Waals surface area contributed by atoms with E-state index in [1.807, 2.05) is 53.4 Å². The number of anilines is 1. The SMILES string of the molecule is CCn1c([C@H]2CCCN2C(=O)Nc2ccccc2)nc2ccccc21. The van der Waals surface area contributed by atoms with Crippen molar-refractivity contribution in [3.63, 3.8) is 0 Å². The summed E-state index contributed by atoms with van der Waals surface area (Å²) in [4.78, 5) is 19.6. The molecule has 1 aliphatic heterocycles. The Morgan fingerprint density at radius 1 is 1.16 bits per heavy atom. The van der Waals surface area contributed by atoms with Gasteiger partial charge in [0.15, 0.2) is 0 Å². The van der Waals surface area contributed by atoms with Crippen LogP contribution in [0.15, 0.2) is 54.6 Å². The first-order valence-electron chi connectivity index (χ1n) is 8.85. The number of aromatic nitrogens is 2. The molecule has 128 valence electrons. The van der Waals surface area contributed by atoms with Gasteiger partial charge in [0.2, 0.25) is 0 Å². The number of carbonyl (C=O) groups excluding carboxylic acids is 1. The van der Waals surface area contributed by atoms with Crippen LogP contribution in [0, 0.1) is 0 Å². The third-order valence-corrected chi connectivity index (χ3v) is 4.84. The maximum atomic E-state index is 12.8. The molecule has 2 amide bonds. The highest BCUT2D eigenvalue weighted by atomic mass is 16.2. The lowest BCUT2D eigenvalue weighted by Gasteiger charge is -2.25. The quantitative estimate of drug-likeness (QED) is 0.770. The predicted molar refractivity (Wildman–Crippen MR) is 99.5 cm³/mol. The Balaban J connectivity index is 1.64. The average Bonchev–Trinajstić information content (AvgIpc) is 3.26. The van der Waals surface area contributed by atoms with Crippen LogP contribution in [-0.2, 0) is 6.54 Å². The zero-order valence-electron chi connectivity index (χ0n) is 14.4. The number of hydrogen-bond donors (Lipinski definition) is 1. The van der Waals surface area contributed by atoms with Crippen LogP contribution < -0.4 is 5.32 Å². The number of benzene rings is 2. The molecule has 1 aliphatic rings. The molecule has 3 aromatic rings. The summed E-state index contributed by atoms with van der Waals surface area (Å²) in [5.41, 5.74) is 2.95. The molecule has 1 N–H and O–H groups in total. The highest BCUT2D eigenvalue weighted by Gasteiger charge is 2.33. The number of carbonyl (C=O) groups is 1. The van der Waals surface area contributed by atoms with Gasteiger partial charge in [0.1, 0.15) is 5.82 Å². The summed E-state index contributed by atoms with van der Waals surface area (Å²) in [6, 6.07) is 17.8. The van der Waals surface area contributed by atoms with E-state index in [-0.39, 0.29) is 12.1 Å². The molecule has 0 spiro atoms. The van der Waals surface area contributed by atoms with Crippen molar-refractivity contribution in [2.24, 2.45) is 0 Å². The number of hydrogen-bond acceptors (Lipinski definition) is 2. The van der Waals surface area contributed by atoms with Crippen molar-refractivity contribution >= 4 is 22.8 Å². The number of likely N-dealkylation sites (tertiary alicyclic amines) is 1. The Kier molecular flexibility index (Phi) is 4.14. The first kappa shape index (κ1) is 15.7. The van der Waals surface area contributed by atoms with E-state index in [9.17, 15) is 4.79 Å². The summed E-state index contributed by atoms with van der Waals surface area (Å²) >= 11 is 0. The minimum absolute atomic E-state index is 0.0241. The molecule has 5 nitrogen and oxygen atoms in total. The number of fused-ring (bicyclic) bond motifs is 1. The Morgan fingerprint density at radius 3 is 2.72 bits per heavy atom. The van der Waals surface area contributed by atoms with Crippen LogP contribution in [0.25, 0.3) is 11.0 Å². The van der Waals surface area contributed by atoms with Gasteiger partial charge in [-0.3, -0.25) is 0 Å². The molecular formula is C20H22N4O. The second-order valence-electron chi connectivity index (χ2n) is 6.35. The predicted octanol–water partition coefficient (Wildman–Crippen LogP) is 4.43. The van der Waals surface area contributed by atoms with Crippen molar-refractivity contribution in [1.82, 2.24) is 14.5 Å². The molecule has 4 rings (SSSR count). The third-order valence-electron chi connectivity index (χ3n) is 4.84. The Morgan fingerprint density at radius 2 is 1.92 bits per heavy atom. The number of aryl methyl sites for hydroxylation is 1. The summed E-state index contributed by atoms with van der Waals surface area (Å²) in [6.45, 7) is 3.73. The smallest absolute Gasteiger partial charge is 0.322 e. The largest absolute Gasteiger partial charge is 0.327 e. The molecule has 0 unspecified atom stereocenters. The standard InChI is InChI=1S/C20H22N4O/c1-2-23-17-12-7-6-11-16(17)22-19(23)18-13-8-14-24(18)20(25)21-15-9-4-3-5-10-15/h3-7,9-12,18H,2,8,13-14H2,1H3,(H,21,25)/t18-/m1/s1. The van der Waals surface area contributed by atoms with Crippen LogP contribution in [0.3, 0.4) is 0 Å². The summed E-state index contributed by atoms with van der Waals surface area (Å²) in [5.74, 6) is 0.990. The second-order valence-corrected chi connectivity index (χ2v) is 6.35. The summed E-state index contributed by atoms with van der Waals surface area (Å²) in [5, 5.41) is 3.00. The van der Waals surface area contributed by atoms with E-state index in [4.69, 9.17) is 4.98 Å². The Labute approximate surface area is 147 Å². The molecule has 5 heteroatoms. The fourth-order valence-electron chi connectivity index (χ4n) is 3.68. The van der Waals surface area contributed by atoms with Crippen LogP contribution in [0.2, 0.25) is 0 Å². The molecule has 2 heterocycles. The number of imidazole rings is 1. The molecule has 1 aromatic heterocycles. The van der Waals surface area contributed by atoms with Gasteiger partial charge in [-0.2, -0.15) is 0 Å². The number of nitrogens with zero attached hydrogens (tertiary/aromatic N) is 3. The highest BCUT2D eigenvalue weighted by molar-refractivity contribution is 5.89. The molecule has 1 fully saturated rings. The maximum absolute atomic E-state index is 12.8. The number of para-hydroxylation sites is 3. The maximum Gasteiger partial charge on any atom is 0.322 e. The van der Waals surface area contributed by atoms with E-state index in [1.165, 1.54) is 0 Å². The van der Waals surface area contributed by atoms with E-state index in [1.54, 1.807) is 0 Å².